The Balaban J connectivity index is 2.11. The van der Waals surface area contributed by atoms with E-state index in [0.717, 1.165) is 31.2 Å². The molecule has 0 unspecified atom stereocenters. The van der Waals surface area contributed by atoms with Gasteiger partial charge in [0.1, 0.15) is 6.10 Å². The van der Waals surface area contributed by atoms with Crippen molar-refractivity contribution in [2.45, 2.75) is 38.7 Å². The fourth-order valence-electron chi connectivity index (χ4n) is 2.10. The molecule has 86 valence electrons. The van der Waals surface area contributed by atoms with Crippen LogP contribution >= 0.6 is 0 Å². The number of benzene rings is 1. The van der Waals surface area contributed by atoms with Gasteiger partial charge in [0, 0.05) is 5.69 Å². The molecular formula is C13H17NO2. The minimum atomic E-state index is -0.239. The summed E-state index contributed by atoms with van der Waals surface area (Å²) in [4.78, 5) is 11.9. The molecule has 2 rings (SSSR count). The molecule has 2 N–H and O–H groups in total. The van der Waals surface area contributed by atoms with E-state index in [9.17, 15) is 4.79 Å². The summed E-state index contributed by atoms with van der Waals surface area (Å²) in [5.41, 5.74) is 7.80. The highest BCUT2D eigenvalue weighted by Crippen LogP contribution is 2.23. The Morgan fingerprint density at radius 1 is 1.38 bits per heavy atom. The molecule has 0 amide bonds. The number of ether oxygens (including phenoxy) is 1. The lowest BCUT2D eigenvalue weighted by atomic mass is 10.1. The third-order valence-electron chi connectivity index (χ3n) is 3.17. The van der Waals surface area contributed by atoms with Crippen LogP contribution in [0.25, 0.3) is 0 Å². The highest BCUT2D eigenvalue weighted by atomic mass is 16.5. The first-order valence-corrected chi connectivity index (χ1v) is 5.74. The van der Waals surface area contributed by atoms with Crippen LogP contribution in [0.15, 0.2) is 18.2 Å². The largest absolute Gasteiger partial charge is 0.459 e. The number of esters is 1. The van der Waals surface area contributed by atoms with Gasteiger partial charge >= 0.3 is 5.97 Å². The molecule has 16 heavy (non-hydrogen) atoms. The van der Waals surface area contributed by atoms with Gasteiger partial charge in [0.05, 0.1) is 5.56 Å². The maximum atomic E-state index is 11.9. The average molecular weight is 219 g/mol. The monoisotopic (exact) mass is 219 g/mol. The lowest BCUT2D eigenvalue weighted by Crippen LogP contribution is -2.16. The van der Waals surface area contributed by atoms with Crippen molar-refractivity contribution in [3.05, 3.63) is 29.3 Å². The molecule has 0 radical (unpaired) electrons. The lowest BCUT2D eigenvalue weighted by molar-refractivity contribution is 0.0317. The van der Waals surface area contributed by atoms with Crippen molar-refractivity contribution in [2.24, 2.45) is 0 Å². The SMILES string of the molecule is Cc1c(N)cccc1C(=O)OC1CCCC1. The smallest absolute Gasteiger partial charge is 0.338 e. The molecule has 1 aliphatic rings. The quantitative estimate of drug-likeness (QED) is 0.614. The Labute approximate surface area is 95.6 Å². The van der Waals surface area contributed by atoms with E-state index in [4.69, 9.17) is 10.5 Å². The van der Waals surface area contributed by atoms with Crippen molar-refractivity contribution in [3.8, 4) is 0 Å². The second-order valence-electron chi connectivity index (χ2n) is 4.33. The van der Waals surface area contributed by atoms with Crippen LogP contribution in [0.2, 0.25) is 0 Å². The fraction of sp³-hybridized carbons (Fsp3) is 0.462. The molecular weight excluding hydrogens is 202 g/mol. The van der Waals surface area contributed by atoms with Crippen molar-refractivity contribution in [1.29, 1.82) is 0 Å². The van der Waals surface area contributed by atoms with Crippen LogP contribution in [0.1, 0.15) is 41.6 Å². The van der Waals surface area contributed by atoms with E-state index in [1.807, 2.05) is 6.92 Å². The van der Waals surface area contributed by atoms with Crippen LogP contribution in [-0.4, -0.2) is 12.1 Å². The summed E-state index contributed by atoms with van der Waals surface area (Å²) in [6, 6.07) is 5.35. The molecule has 0 bridgehead atoms. The van der Waals surface area contributed by atoms with Crippen LogP contribution in [0.4, 0.5) is 5.69 Å². The summed E-state index contributed by atoms with van der Waals surface area (Å²) in [7, 11) is 0. The van der Waals surface area contributed by atoms with E-state index in [-0.39, 0.29) is 12.1 Å². The first-order valence-electron chi connectivity index (χ1n) is 5.74. The second-order valence-corrected chi connectivity index (χ2v) is 4.33. The summed E-state index contributed by atoms with van der Waals surface area (Å²) in [5, 5.41) is 0. The molecule has 0 saturated heterocycles. The van der Waals surface area contributed by atoms with Crippen molar-refractivity contribution >= 4 is 11.7 Å². The van der Waals surface area contributed by atoms with E-state index in [2.05, 4.69) is 0 Å². The van der Waals surface area contributed by atoms with Gasteiger partial charge in [0.2, 0.25) is 0 Å². The molecule has 0 spiro atoms. The molecule has 0 atom stereocenters. The maximum Gasteiger partial charge on any atom is 0.338 e. The van der Waals surface area contributed by atoms with Crippen molar-refractivity contribution in [2.75, 3.05) is 5.73 Å². The summed E-state index contributed by atoms with van der Waals surface area (Å²) < 4.78 is 5.44. The lowest BCUT2D eigenvalue weighted by Gasteiger charge is -2.13. The van der Waals surface area contributed by atoms with Crippen LogP contribution in [0, 0.1) is 6.92 Å². The number of nitrogens with two attached hydrogens (primary N) is 1. The first kappa shape index (κ1) is 11.0. The molecule has 1 saturated carbocycles. The van der Waals surface area contributed by atoms with Gasteiger partial charge in [-0.15, -0.1) is 0 Å². The summed E-state index contributed by atoms with van der Waals surface area (Å²) in [6.45, 7) is 1.85. The second kappa shape index (κ2) is 4.56. The van der Waals surface area contributed by atoms with Crippen molar-refractivity contribution < 1.29 is 9.53 Å². The Morgan fingerprint density at radius 2 is 2.06 bits per heavy atom. The zero-order valence-electron chi connectivity index (χ0n) is 9.53. The number of hydrogen-bond acceptors (Lipinski definition) is 3. The van der Waals surface area contributed by atoms with E-state index < -0.39 is 0 Å². The zero-order valence-corrected chi connectivity index (χ0v) is 9.53. The summed E-state index contributed by atoms with van der Waals surface area (Å²) in [6.07, 6.45) is 4.41. The molecule has 1 aromatic carbocycles. The van der Waals surface area contributed by atoms with Gasteiger partial charge in [0.15, 0.2) is 0 Å². The predicted molar refractivity (Wildman–Crippen MR) is 63.3 cm³/mol. The predicted octanol–water partition coefficient (Wildman–Crippen LogP) is 2.68. The average Bonchev–Trinajstić information content (AvgIpc) is 2.74. The molecule has 0 aromatic heterocycles. The summed E-state index contributed by atoms with van der Waals surface area (Å²) in [5.74, 6) is -0.239. The number of carbonyl (C=O) groups excluding carboxylic acids is 1. The molecule has 0 heterocycles. The van der Waals surface area contributed by atoms with Gasteiger partial charge in [-0.25, -0.2) is 4.79 Å². The van der Waals surface area contributed by atoms with E-state index in [1.54, 1.807) is 18.2 Å². The topological polar surface area (TPSA) is 52.3 Å². The zero-order chi connectivity index (χ0) is 11.5. The van der Waals surface area contributed by atoms with Crippen molar-refractivity contribution in [1.82, 2.24) is 0 Å². The Morgan fingerprint density at radius 3 is 2.75 bits per heavy atom. The fourth-order valence-corrected chi connectivity index (χ4v) is 2.10. The highest BCUT2D eigenvalue weighted by Gasteiger charge is 2.21. The Kier molecular flexibility index (Phi) is 3.13. The molecule has 1 aliphatic carbocycles. The van der Waals surface area contributed by atoms with Gasteiger partial charge in [0.25, 0.3) is 0 Å². The van der Waals surface area contributed by atoms with E-state index in [0.29, 0.717) is 11.3 Å². The minimum absolute atomic E-state index is 0.105. The standard InChI is InChI=1S/C13H17NO2/c1-9-11(7-4-8-12(9)14)13(15)16-10-5-2-3-6-10/h4,7-8,10H,2-3,5-6,14H2,1H3. The van der Waals surface area contributed by atoms with Crippen molar-refractivity contribution in [3.63, 3.8) is 0 Å². The maximum absolute atomic E-state index is 11.9. The molecule has 3 heteroatoms. The third-order valence-corrected chi connectivity index (χ3v) is 3.17. The molecule has 0 aliphatic heterocycles. The highest BCUT2D eigenvalue weighted by molar-refractivity contribution is 5.92. The normalized spacial score (nSPS) is 16.3. The van der Waals surface area contributed by atoms with Gasteiger partial charge in [-0.1, -0.05) is 6.07 Å². The van der Waals surface area contributed by atoms with Crippen LogP contribution < -0.4 is 5.73 Å². The number of anilines is 1. The van der Waals surface area contributed by atoms with E-state index >= 15 is 0 Å². The number of rotatable bonds is 2. The van der Waals surface area contributed by atoms with E-state index in [1.165, 1.54) is 0 Å². The molecule has 1 aromatic rings. The van der Waals surface area contributed by atoms with Gasteiger partial charge < -0.3 is 10.5 Å². The molecule has 1 fully saturated rings. The Bertz CT molecular complexity index is 395. The van der Waals surface area contributed by atoms with Gasteiger partial charge in [-0.05, 0) is 50.3 Å². The van der Waals surface area contributed by atoms with Crippen LogP contribution in [0.5, 0.6) is 0 Å². The van der Waals surface area contributed by atoms with Gasteiger partial charge in [-0.2, -0.15) is 0 Å². The van der Waals surface area contributed by atoms with Crippen LogP contribution in [0.3, 0.4) is 0 Å². The number of nitrogen functional groups attached to an aromatic ring is 1. The van der Waals surface area contributed by atoms with Gasteiger partial charge in [-0.3, -0.25) is 0 Å². The first-order chi connectivity index (χ1) is 7.68. The third kappa shape index (κ3) is 2.18. The van der Waals surface area contributed by atoms with Crippen LogP contribution in [-0.2, 0) is 4.74 Å². The number of carbonyl (C=O) groups is 1. The minimum Gasteiger partial charge on any atom is -0.459 e. The number of hydrogen-bond donors (Lipinski definition) is 1. The molecule has 3 nitrogen and oxygen atoms in total. The Hall–Kier alpha value is -1.51. The summed E-state index contributed by atoms with van der Waals surface area (Å²) >= 11 is 0.